The lowest BCUT2D eigenvalue weighted by Crippen LogP contribution is -2.13. The second-order valence-electron chi connectivity index (χ2n) is 12.6. The molecule has 0 aliphatic heterocycles. The molecule has 0 spiro atoms. The SMILES string of the molecule is C=C/C=C(/c1cc(F)cc(CCCN(C)C)c1)c1cc(-c2n[nH]c3cnc(-c4cncc(NC(=C)C5CCCC5)c4)cc23)[nH]c1C. The number of aromatic nitrogens is 5. The van der Waals surface area contributed by atoms with E-state index in [-0.39, 0.29) is 5.82 Å². The first-order valence-electron chi connectivity index (χ1n) is 16.0. The number of hydrogen-bond donors (Lipinski definition) is 3. The number of nitrogens with zero attached hydrogens (tertiary/aromatic N) is 4. The number of rotatable bonds is 12. The van der Waals surface area contributed by atoms with Crippen LogP contribution < -0.4 is 5.32 Å². The molecule has 3 N–H and O–H groups in total. The van der Waals surface area contributed by atoms with Gasteiger partial charge in [-0.15, -0.1) is 0 Å². The number of pyridine rings is 2. The summed E-state index contributed by atoms with van der Waals surface area (Å²) in [7, 11) is 4.10. The average Bonchev–Trinajstić information content (AvgIpc) is 3.80. The lowest BCUT2D eigenvalue weighted by atomic mass is 9.94. The minimum atomic E-state index is -0.240. The summed E-state index contributed by atoms with van der Waals surface area (Å²) in [6.45, 7) is 11.2. The molecule has 0 unspecified atom stereocenters. The van der Waals surface area contributed by atoms with Crippen molar-refractivity contribution in [2.45, 2.75) is 45.4 Å². The van der Waals surface area contributed by atoms with Gasteiger partial charge in [-0.05, 0) is 106 Å². The number of anilines is 1. The normalized spacial score (nSPS) is 14.0. The molecule has 1 saturated carbocycles. The number of aromatic amines is 2. The first kappa shape index (κ1) is 31.2. The fraction of sp³-hybridized carbons (Fsp3) is 0.289. The summed E-state index contributed by atoms with van der Waals surface area (Å²) in [5.41, 5.74) is 10.8. The van der Waals surface area contributed by atoms with Gasteiger partial charge in [-0.2, -0.15) is 5.10 Å². The first-order chi connectivity index (χ1) is 22.3. The maximum absolute atomic E-state index is 14.9. The van der Waals surface area contributed by atoms with Crippen molar-refractivity contribution in [3.05, 3.63) is 114 Å². The van der Waals surface area contributed by atoms with Gasteiger partial charge in [0.05, 0.1) is 35.0 Å². The Kier molecular flexibility index (Phi) is 9.26. The zero-order valence-electron chi connectivity index (χ0n) is 27.0. The molecule has 5 aromatic rings. The van der Waals surface area contributed by atoms with Crippen LogP contribution >= 0.6 is 0 Å². The van der Waals surface area contributed by atoms with E-state index in [4.69, 9.17) is 4.98 Å². The molecule has 8 heteroatoms. The van der Waals surface area contributed by atoms with Crippen LogP contribution in [0.15, 0.2) is 86.0 Å². The van der Waals surface area contributed by atoms with E-state index in [0.29, 0.717) is 5.92 Å². The summed E-state index contributed by atoms with van der Waals surface area (Å²) >= 11 is 0. The third-order valence-corrected chi connectivity index (χ3v) is 8.82. The topological polar surface area (TPSA) is 85.5 Å². The van der Waals surface area contributed by atoms with Crippen molar-refractivity contribution in [2.24, 2.45) is 5.92 Å². The van der Waals surface area contributed by atoms with E-state index in [1.165, 1.54) is 25.7 Å². The smallest absolute Gasteiger partial charge is 0.124 e. The molecule has 1 aromatic carbocycles. The molecule has 0 atom stereocenters. The van der Waals surface area contributed by atoms with Gasteiger partial charge in [0.25, 0.3) is 0 Å². The zero-order valence-corrected chi connectivity index (χ0v) is 27.0. The molecule has 1 fully saturated rings. The largest absolute Gasteiger partial charge is 0.358 e. The zero-order chi connectivity index (χ0) is 32.2. The van der Waals surface area contributed by atoms with Gasteiger partial charge in [0.15, 0.2) is 0 Å². The maximum atomic E-state index is 14.9. The van der Waals surface area contributed by atoms with Gasteiger partial charge in [0.2, 0.25) is 0 Å². The van der Waals surface area contributed by atoms with Crippen molar-refractivity contribution in [2.75, 3.05) is 26.0 Å². The Morgan fingerprint density at radius 2 is 1.91 bits per heavy atom. The number of H-pyrrole nitrogens is 2. The van der Waals surface area contributed by atoms with Crippen LogP contribution in [0.2, 0.25) is 0 Å². The second kappa shape index (κ2) is 13.7. The first-order valence-corrected chi connectivity index (χ1v) is 16.0. The number of nitrogens with one attached hydrogen (secondary N) is 3. The molecule has 1 aliphatic rings. The molecule has 4 heterocycles. The van der Waals surface area contributed by atoms with Gasteiger partial charge in [-0.25, -0.2) is 4.39 Å². The number of benzene rings is 1. The van der Waals surface area contributed by atoms with E-state index >= 15 is 0 Å². The Bertz CT molecular complexity index is 1910. The standard InChI is InChI=1S/C38H42FN7/c1-6-10-32(28-15-26(16-30(39)17-28)11-9-14-46(4)5)33-19-36(43-25(33)3)38-34-20-35(41-23-37(34)44-45-38)29-18-31(22-40-21-29)42-24(2)27-12-7-8-13-27/h6,10,15-23,27,42-43H,1-2,7-9,11-14H2,3-5H3,(H,44,45)/b32-10-. The lowest BCUT2D eigenvalue weighted by Gasteiger charge is -2.15. The third-order valence-electron chi connectivity index (χ3n) is 8.82. The summed E-state index contributed by atoms with van der Waals surface area (Å²) in [6, 6.07) is 11.5. The van der Waals surface area contributed by atoms with Crippen molar-refractivity contribution in [3.8, 4) is 22.6 Å². The van der Waals surface area contributed by atoms with Crippen LogP contribution in [-0.2, 0) is 6.42 Å². The highest BCUT2D eigenvalue weighted by Crippen LogP contribution is 2.35. The van der Waals surface area contributed by atoms with Crippen LogP contribution in [0.3, 0.4) is 0 Å². The minimum absolute atomic E-state index is 0.240. The molecule has 236 valence electrons. The van der Waals surface area contributed by atoms with Crippen molar-refractivity contribution in [1.82, 2.24) is 30.0 Å². The van der Waals surface area contributed by atoms with E-state index in [0.717, 1.165) is 92.3 Å². The van der Waals surface area contributed by atoms with Crippen LogP contribution in [-0.4, -0.2) is 50.7 Å². The van der Waals surface area contributed by atoms with E-state index in [9.17, 15) is 4.39 Å². The molecule has 4 aromatic heterocycles. The Labute approximate surface area is 270 Å². The molecular formula is C38H42FN7. The van der Waals surface area contributed by atoms with Gasteiger partial charge < -0.3 is 15.2 Å². The van der Waals surface area contributed by atoms with E-state index < -0.39 is 0 Å². The van der Waals surface area contributed by atoms with Crippen molar-refractivity contribution in [1.29, 1.82) is 0 Å². The van der Waals surface area contributed by atoms with Crippen molar-refractivity contribution < 1.29 is 4.39 Å². The Hall–Kier alpha value is -4.82. The predicted molar refractivity (Wildman–Crippen MR) is 187 cm³/mol. The summed E-state index contributed by atoms with van der Waals surface area (Å²) in [5, 5.41) is 12.2. The van der Waals surface area contributed by atoms with Crippen molar-refractivity contribution in [3.63, 3.8) is 0 Å². The monoisotopic (exact) mass is 615 g/mol. The number of aryl methyl sites for hydroxylation is 2. The van der Waals surface area contributed by atoms with Gasteiger partial charge in [0, 0.05) is 34.1 Å². The molecule has 46 heavy (non-hydrogen) atoms. The highest BCUT2D eigenvalue weighted by molar-refractivity contribution is 5.95. The Balaban J connectivity index is 1.30. The fourth-order valence-corrected chi connectivity index (χ4v) is 6.46. The number of hydrogen-bond acceptors (Lipinski definition) is 5. The Morgan fingerprint density at radius 1 is 1.09 bits per heavy atom. The molecule has 0 bridgehead atoms. The Morgan fingerprint density at radius 3 is 2.70 bits per heavy atom. The highest BCUT2D eigenvalue weighted by Gasteiger charge is 2.20. The van der Waals surface area contributed by atoms with Crippen molar-refractivity contribution >= 4 is 22.2 Å². The third kappa shape index (κ3) is 6.87. The molecule has 0 saturated heterocycles. The summed E-state index contributed by atoms with van der Waals surface area (Å²) in [4.78, 5) is 14.9. The predicted octanol–water partition coefficient (Wildman–Crippen LogP) is 8.69. The summed E-state index contributed by atoms with van der Waals surface area (Å²) in [6.07, 6.45) is 15.8. The van der Waals surface area contributed by atoms with Gasteiger partial charge in [-0.3, -0.25) is 15.1 Å². The second-order valence-corrected chi connectivity index (χ2v) is 12.6. The maximum Gasteiger partial charge on any atom is 0.124 e. The number of fused-ring (bicyclic) bond motifs is 1. The van der Waals surface area contributed by atoms with Crippen LogP contribution in [0.25, 0.3) is 39.1 Å². The molecule has 0 amide bonds. The number of halogens is 1. The summed E-state index contributed by atoms with van der Waals surface area (Å²) < 4.78 is 14.9. The van der Waals surface area contributed by atoms with Crippen LogP contribution in [0.1, 0.15) is 54.5 Å². The average molecular weight is 616 g/mol. The fourth-order valence-electron chi connectivity index (χ4n) is 6.46. The van der Waals surface area contributed by atoms with E-state index in [1.807, 2.05) is 37.7 Å². The molecule has 6 rings (SSSR count). The van der Waals surface area contributed by atoms with Gasteiger partial charge in [0.1, 0.15) is 11.5 Å². The number of allylic oxidation sites excluding steroid dienone is 3. The molecular weight excluding hydrogens is 573 g/mol. The van der Waals surface area contributed by atoms with E-state index in [1.54, 1.807) is 18.2 Å². The highest BCUT2D eigenvalue weighted by atomic mass is 19.1. The van der Waals surface area contributed by atoms with Crippen LogP contribution in [0, 0.1) is 18.7 Å². The van der Waals surface area contributed by atoms with Crippen LogP contribution in [0.5, 0.6) is 0 Å². The molecule has 7 nitrogen and oxygen atoms in total. The van der Waals surface area contributed by atoms with Gasteiger partial charge >= 0.3 is 0 Å². The van der Waals surface area contributed by atoms with Gasteiger partial charge in [-0.1, -0.05) is 44.2 Å². The quantitative estimate of drug-likeness (QED) is 0.122. The minimum Gasteiger partial charge on any atom is -0.358 e. The summed E-state index contributed by atoms with van der Waals surface area (Å²) in [5.74, 6) is 0.273. The van der Waals surface area contributed by atoms with E-state index in [2.05, 4.69) is 75.8 Å². The molecule has 0 radical (unpaired) electrons. The molecule has 1 aliphatic carbocycles. The van der Waals surface area contributed by atoms with Crippen LogP contribution in [0.4, 0.5) is 10.1 Å². The lowest BCUT2D eigenvalue weighted by molar-refractivity contribution is 0.400.